The molecule has 0 radical (unpaired) electrons. The lowest BCUT2D eigenvalue weighted by molar-refractivity contribution is 0.571. The van der Waals surface area contributed by atoms with Gasteiger partial charge in [0.25, 0.3) is 5.56 Å². The smallest absolute Gasteiger partial charge is 0.269 e. The maximum absolute atomic E-state index is 12.6. The van der Waals surface area contributed by atoms with Crippen molar-refractivity contribution in [1.29, 1.82) is 0 Å². The van der Waals surface area contributed by atoms with Crippen LogP contribution in [-0.4, -0.2) is 17.0 Å². The first kappa shape index (κ1) is 8.19. The molecule has 0 fully saturated rings. The zero-order valence-electron chi connectivity index (χ0n) is 5.61. The Morgan fingerprint density at radius 2 is 2.36 bits per heavy atom. The SMILES string of the molecule is CNc1nc(F)c(Br)c(=O)[nH]1. The number of nitrogens with zero attached hydrogens (tertiary/aromatic N) is 1. The molecule has 2 N–H and O–H groups in total. The highest BCUT2D eigenvalue weighted by atomic mass is 79.9. The molecule has 1 heterocycles. The molecule has 1 aromatic heterocycles. The van der Waals surface area contributed by atoms with Gasteiger partial charge < -0.3 is 5.32 Å². The summed E-state index contributed by atoms with van der Waals surface area (Å²) in [6.07, 6.45) is 0. The lowest BCUT2D eigenvalue weighted by Crippen LogP contribution is -2.13. The monoisotopic (exact) mass is 221 g/mol. The first-order valence-corrected chi connectivity index (χ1v) is 3.57. The first-order chi connectivity index (χ1) is 5.15. The van der Waals surface area contributed by atoms with E-state index in [1.807, 2.05) is 0 Å². The number of H-pyrrole nitrogens is 1. The second-order valence-corrected chi connectivity index (χ2v) is 2.56. The van der Waals surface area contributed by atoms with Crippen LogP contribution in [0.25, 0.3) is 0 Å². The van der Waals surface area contributed by atoms with Crippen LogP contribution in [0.2, 0.25) is 0 Å². The summed E-state index contributed by atoms with van der Waals surface area (Å²) < 4.78 is 12.4. The largest absolute Gasteiger partial charge is 0.359 e. The number of hydrogen-bond acceptors (Lipinski definition) is 3. The summed E-state index contributed by atoms with van der Waals surface area (Å²) in [6.45, 7) is 0. The summed E-state index contributed by atoms with van der Waals surface area (Å²) in [7, 11) is 1.53. The van der Waals surface area contributed by atoms with Gasteiger partial charge in [0, 0.05) is 7.05 Å². The Labute approximate surface area is 70.0 Å². The minimum Gasteiger partial charge on any atom is -0.359 e. The number of nitrogens with one attached hydrogen (secondary N) is 2. The molecule has 1 rings (SSSR count). The Morgan fingerprint density at radius 3 is 2.82 bits per heavy atom. The summed E-state index contributed by atoms with van der Waals surface area (Å²) in [5, 5.41) is 2.51. The van der Waals surface area contributed by atoms with Gasteiger partial charge in [0.15, 0.2) is 0 Å². The normalized spacial score (nSPS) is 9.73. The minimum absolute atomic E-state index is 0.107. The molecular weight excluding hydrogens is 217 g/mol. The van der Waals surface area contributed by atoms with Crippen molar-refractivity contribution >= 4 is 21.9 Å². The van der Waals surface area contributed by atoms with E-state index >= 15 is 0 Å². The predicted octanol–water partition coefficient (Wildman–Crippen LogP) is 0.713. The van der Waals surface area contributed by atoms with Crippen LogP contribution in [0.1, 0.15) is 0 Å². The quantitative estimate of drug-likeness (QED) is 0.688. The number of aromatic nitrogens is 2. The van der Waals surface area contributed by atoms with Gasteiger partial charge >= 0.3 is 0 Å². The third kappa shape index (κ3) is 1.56. The molecule has 0 aliphatic heterocycles. The van der Waals surface area contributed by atoms with E-state index in [1.54, 1.807) is 0 Å². The van der Waals surface area contributed by atoms with Crippen LogP contribution in [-0.2, 0) is 0 Å². The Hall–Kier alpha value is -0.910. The zero-order chi connectivity index (χ0) is 8.43. The molecule has 6 heteroatoms. The molecule has 60 valence electrons. The summed E-state index contributed by atoms with van der Waals surface area (Å²) in [5.74, 6) is -0.714. The van der Waals surface area contributed by atoms with Gasteiger partial charge in [0.05, 0.1) is 0 Å². The molecule has 0 atom stereocenters. The van der Waals surface area contributed by atoms with Crippen LogP contribution >= 0.6 is 15.9 Å². The molecule has 0 aliphatic carbocycles. The lowest BCUT2D eigenvalue weighted by atomic mass is 10.6. The van der Waals surface area contributed by atoms with Crippen LogP contribution in [0.4, 0.5) is 10.3 Å². The molecule has 0 saturated heterocycles. The predicted molar refractivity (Wildman–Crippen MR) is 42.1 cm³/mol. The Balaban J connectivity index is 3.32. The first-order valence-electron chi connectivity index (χ1n) is 2.78. The van der Waals surface area contributed by atoms with Crippen molar-refractivity contribution in [3.63, 3.8) is 0 Å². The van der Waals surface area contributed by atoms with E-state index in [0.29, 0.717) is 0 Å². The number of hydrogen-bond donors (Lipinski definition) is 2. The fourth-order valence-electron chi connectivity index (χ4n) is 0.550. The number of aromatic amines is 1. The topological polar surface area (TPSA) is 57.8 Å². The van der Waals surface area contributed by atoms with E-state index in [9.17, 15) is 9.18 Å². The molecule has 1 aromatic rings. The van der Waals surface area contributed by atoms with E-state index in [2.05, 4.69) is 31.2 Å². The van der Waals surface area contributed by atoms with Gasteiger partial charge in [-0.2, -0.15) is 9.37 Å². The average molecular weight is 222 g/mol. The van der Waals surface area contributed by atoms with Crippen molar-refractivity contribution in [1.82, 2.24) is 9.97 Å². The van der Waals surface area contributed by atoms with Crippen molar-refractivity contribution in [2.45, 2.75) is 0 Å². The van der Waals surface area contributed by atoms with E-state index in [1.165, 1.54) is 7.05 Å². The summed E-state index contributed by atoms with van der Waals surface area (Å²) in [6, 6.07) is 0. The van der Waals surface area contributed by atoms with Crippen molar-refractivity contribution < 1.29 is 4.39 Å². The van der Waals surface area contributed by atoms with E-state index < -0.39 is 11.5 Å². The van der Waals surface area contributed by atoms with E-state index in [0.717, 1.165) is 0 Å². The van der Waals surface area contributed by atoms with E-state index in [4.69, 9.17) is 0 Å². The number of halogens is 2. The molecule has 0 saturated carbocycles. The fraction of sp³-hybridized carbons (Fsp3) is 0.200. The maximum atomic E-state index is 12.6. The maximum Gasteiger partial charge on any atom is 0.269 e. The minimum atomic E-state index is -0.821. The van der Waals surface area contributed by atoms with Crippen LogP contribution in [0.3, 0.4) is 0 Å². The van der Waals surface area contributed by atoms with E-state index in [-0.39, 0.29) is 10.4 Å². The molecule has 4 nitrogen and oxygen atoms in total. The van der Waals surface area contributed by atoms with Gasteiger partial charge in [-0.3, -0.25) is 9.78 Å². The van der Waals surface area contributed by atoms with Gasteiger partial charge in [-0.15, -0.1) is 0 Å². The molecule has 0 unspecified atom stereocenters. The average Bonchev–Trinajstić information content (AvgIpc) is 1.99. The van der Waals surface area contributed by atoms with Gasteiger partial charge in [-0.1, -0.05) is 0 Å². The van der Waals surface area contributed by atoms with Crippen molar-refractivity contribution in [2.75, 3.05) is 12.4 Å². The standard InChI is InChI=1S/C5H5BrFN3O/c1-8-5-9-3(7)2(6)4(11)10-5/h1H3,(H2,8,9,10,11). The van der Waals surface area contributed by atoms with Crippen molar-refractivity contribution in [2.24, 2.45) is 0 Å². The molecular formula is C5H5BrFN3O. The molecule has 0 spiro atoms. The van der Waals surface area contributed by atoms with Crippen molar-refractivity contribution in [3.8, 4) is 0 Å². The Kier molecular flexibility index (Phi) is 2.23. The van der Waals surface area contributed by atoms with Gasteiger partial charge in [0.2, 0.25) is 11.9 Å². The molecule has 0 bridgehead atoms. The second-order valence-electron chi connectivity index (χ2n) is 1.77. The van der Waals surface area contributed by atoms with Gasteiger partial charge in [-0.05, 0) is 15.9 Å². The van der Waals surface area contributed by atoms with Crippen LogP contribution in [0.15, 0.2) is 9.27 Å². The third-order valence-corrected chi connectivity index (χ3v) is 1.75. The van der Waals surface area contributed by atoms with Crippen LogP contribution in [0.5, 0.6) is 0 Å². The Morgan fingerprint density at radius 1 is 1.73 bits per heavy atom. The highest BCUT2D eigenvalue weighted by Crippen LogP contribution is 2.07. The molecule has 11 heavy (non-hydrogen) atoms. The molecule has 0 aromatic carbocycles. The highest BCUT2D eigenvalue weighted by molar-refractivity contribution is 9.10. The van der Waals surface area contributed by atoms with Crippen molar-refractivity contribution in [3.05, 3.63) is 20.8 Å². The Bertz CT molecular complexity index is 324. The molecule has 0 amide bonds. The van der Waals surface area contributed by atoms with Crippen LogP contribution < -0.4 is 10.9 Å². The third-order valence-electron chi connectivity index (χ3n) is 1.06. The lowest BCUT2D eigenvalue weighted by Gasteiger charge is -1.97. The number of anilines is 1. The molecule has 0 aliphatic rings. The summed E-state index contributed by atoms with van der Waals surface area (Å²) in [4.78, 5) is 16.5. The zero-order valence-corrected chi connectivity index (χ0v) is 7.20. The summed E-state index contributed by atoms with van der Waals surface area (Å²) in [5.41, 5.74) is -0.540. The summed E-state index contributed by atoms with van der Waals surface area (Å²) >= 11 is 2.73. The highest BCUT2D eigenvalue weighted by Gasteiger charge is 2.05. The van der Waals surface area contributed by atoms with Gasteiger partial charge in [0.1, 0.15) is 4.47 Å². The van der Waals surface area contributed by atoms with Gasteiger partial charge in [-0.25, -0.2) is 0 Å². The number of rotatable bonds is 1. The fourth-order valence-corrected chi connectivity index (χ4v) is 0.737. The second kappa shape index (κ2) is 3.00. The van der Waals surface area contributed by atoms with Crippen LogP contribution in [0, 0.1) is 5.95 Å².